The molecule has 0 aromatic heterocycles. The van der Waals surface area contributed by atoms with Crippen LogP contribution in [0.4, 0.5) is 0 Å². The maximum atomic E-state index is 3.22. The minimum atomic E-state index is 0.909. The smallest absolute Gasteiger partial charge is 0.0386 e. The Labute approximate surface area is 100 Å². The molecule has 2 heteroatoms. The summed E-state index contributed by atoms with van der Waals surface area (Å²) in [5.74, 6) is 5.45. The van der Waals surface area contributed by atoms with Crippen LogP contribution < -0.4 is 0 Å². The highest BCUT2D eigenvalue weighted by Gasteiger charge is 2.38. The first-order valence-corrected chi connectivity index (χ1v) is 7.26. The van der Waals surface area contributed by atoms with Crippen LogP contribution in [-0.2, 0) is 0 Å². The van der Waals surface area contributed by atoms with Crippen molar-refractivity contribution in [2.75, 3.05) is 0 Å². The SMILES string of the molecule is CC1C(C)C(C)C(C)C(C)C1C.SS. The summed E-state index contributed by atoms with van der Waals surface area (Å²) < 4.78 is 0. The van der Waals surface area contributed by atoms with Crippen LogP contribution in [0, 0.1) is 35.5 Å². The van der Waals surface area contributed by atoms with Crippen molar-refractivity contribution in [3.05, 3.63) is 0 Å². The Bertz CT molecular complexity index is 99.9. The van der Waals surface area contributed by atoms with Crippen LogP contribution in [0.3, 0.4) is 0 Å². The Morgan fingerprint density at radius 1 is 0.429 bits per heavy atom. The second-order valence-electron chi connectivity index (χ2n) is 5.15. The summed E-state index contributed by atoms with van der Waals surface area (Å²) in [7, 11) is 0. The summed E-state index contributed by atoms with van der Waals surface area (Å²) in [4.78, 5) is 0. The Morgan fingerprint density at radius 2 is 0.500 bits per heavy atom. The highest BCUT2D eigenvalue weighted by atomic mass is 33.1. The summed E-state index contributed by atoms with van der Waals surface area (Å²) in [6.45, 7) is 14.5. The van der Waals surface area contributed by atoms with Crippen molar-refractivity contribution in [3.63, 3.8) is 0 Å². The van der Waals surface area contributed by atoms with Crippen LogP contribution in [0.25, 0.3) is 0 Å². The number of hydrogen-bond donors (Lipinski definition) is 2. The fraction of sp³-hybridized carbons (Fsp3) is 1.00. The molecule has 0 atom stereocenters. The van der Waals surface area contributed by atoms with Gasteiger partial charge in [0, 0.05) is 0 Å². The zero-order valence-corrected chi connectivity index (χ0v) is 12.1. The van der Waals surface area contributed by atoms with Gasteiger partial charge in [-0.3, -0.25) is 0 Å². The molecule has 0 nitrogen and oxygen atoms in total. The van der Waals surface area contributed by atoms with E-state index in [2.05, 4.69) is 64.9 Å². The molecule has 0 bridgehead atoms. The molecular weight excluding hydrogens is 208 g/mol. The molecule has 1 saturated carbocycles. The molecule has 1 fully saturated rings. The van der Waals surface area contributed by atoms with Gasteiger partial charge in [0.25, 0.3) is 0 Å². The van der Waals surface area contributed by atoms with Crippen LogP contribution in [0.15, 0.2) is 0 Å². The predicted molar refractivity (Wildman–Crippen MR) is 73.0 cm³/mol. The van der Waals surface area contributed by atoms with E-state index in [1.165, 1.54) is 0 Å². The largest absolute Gasteiger partial charge is 0.115 e. The van der Waals surface area contributed by atoms with E-state index in [0.717, 1.165) is 35.5 Å². The number of rotatable bonds is 0. The molecule has 14 heavy (non-hydrogen) atoms. The van der Waals surface area contributed by atoms with Gasteiger partial charge in [-0.1, -0.05) is 41.5 Å². The second-order valence-corrected chi connectivity index (χ2v) is 5.15. The fourth-order valence-corrected chi connectivity index (χ4v) is 2.87. The molecule has 0 radical (unpaired) electrons. The van der Waals surface area contributed by atoms with Crippen LogP contribution in [-0.4, -0.2) is 0 Å². The molecule has 0 unspecified atom stereocenters. The average Bonchev–Trinajstić information content (AvgIpc) is 2.24. The summed E-state index contributed by atoms with van der Waals surface area (Å²) in [6, 6.07) is 0. The molecule has 0 aromatic rings. The van der Waals surface area contributed by atoms with Crippen LogP contribution in [0.1, 0.15) is 41.5 Å². The van der Waals surface area contributed by atoms with Crippen molar-refractivity contribution < 1.29 is 0 Å². The van der Waals surface area contributed by atoms with Crippen LogP contribution in [0.5, 0.6) is 0 Å². The fourth-order valence-electron chi connectivity index (χ4n) is 2.87. The molecule has 0 amide bonds. The minimum absolute atomic E-state index is 0.909. The lowest BCUT2D eigenvalue weighted by molar-refractivity contribution is 0.0302. The lowest BCUT2D eigenvalue weighted by Crippen LogP contribution is -2.39. The molecule has 86 valence electrons. The first-order valence-electron chi connectivity index (χ1n) is 5.66. The van der Waals surface area contributed by atoms with Gasteiger partial charge in [-0.15, -0.1) is 23.3 Å². The normalized spacial score (nSPS) is 48.0. The van der Waals surface area contributed by atoms with Gasteiger partial charge in [0.1, 0.15) is 0 Å². The molecule has 0 aromatic carbocycles. The molecular formula is C12H26S2. The molecule has 0 spiro atoms. The zero-order chi connectivity index (χ0) is 11.5. The van der Waals surface area contributed by atoms with Gasteiger partial charge in [-0.05, 0) is 35.5 Å². The summed E-state index contributed by atoms with van der Waals surface area (Å²) in [5.41, 5.74) is 0. The van der Waals surface area contributed by atoms with Gasteiger partial charge in [-0.25, -0.2) is 0 Å². The Hall–Kier alpha value is 0.700. The summed E-state index contributed by atoms with van der Waals surface area (Å²) >= 11 is 6.44. The highest BCUT2D eigenvalue weighted by molar-refractivity contribution is 8.59. The molecule has 1 aliphatic carbocycles. The average molecular weight is 234 g/mol. The highest BCUT2D eigenvalue weighted by Crippen LogP contribution is 2.44. The van der Waals surface area contributed by atoms with E-state index in [9.17, 15) is 0 Å². The predicted octanol–water partition coefficient (Wildman–Crippen LogP) is 4.58. The van der Waals surface area contributed by atoms with Gasteiger partial charge in [-0.2, -0.15) is 0 Å². The van der Waals surface area contributed by atoms with Gasteiger partial charge < -0.3 is 0 Å². The quantitative estimate of drug-likeness (QED) is 0.445. The second kappa shape index (κ2) is 6.32. The van der Waals surface area contributed by atoms with Gasteiger partial charge >= 0.3 is 0 Å². The van der Waals surface area contributed by atoms with Crippen molar-refractivity contribution in [1.82, 2.24) is 0 Å². The van der Waals surface area contributed by atoms with Crippen molar-refractivity contribution in [2.24, 2.45) is 35.5 Å². The molecule has 1 aliphatic rings. The topological polar surface area (TPSA) is 0 Å². The number of thiol groups is 2. The Morgan fingerprint density at radius 3 is 0.571 bits per heavy atom. The van der Waals surface area contributed by atoms with E-state index < -0.39 is 0 Å². The maximum Gasteiger partial charge on any atom is -0.0386 e. The minimum Gasteiger partial charge on any atom is -0.115 e. The van der Waals surface area contributed by atoms with Gasteiger partial charge in [0.2, 0.25) is 0 Å². The van der Waals surface area contributed by atoms with Crippen molar-refractivity contribution in [2.45, 2.75) is 41.5 Å². The van der Waals surface area contributed by atoms with Crippen LogP contribution in [0.2, 0.25) is 0 Å². The third-order valence-corrected chi connectivity index (χ3v) is 4.98. The van der Waals surface area contributed by atoms with E-state index in [1.54, 1.807) is 0 Å². The standard InChI is InChI=1S/C12H24.H2S2/c1-7-8(2)10(4)12(6)11(5)9(7)3;1-2/h7-12H,1-6H3;1-2H. The lowest BCUT2D eigenvalue weighted by Gasteiger charge is -2.45. The zero-order valence-electron chi connectivity index (χ0n) is 10.4. The van der Waals surface area contributed by atoms with E-state index in [1.807, 2.05) is 0 Å². The third-order valence-electron chi connectivity index (χ3n) is 4.98. The lowest BCUT2D eigenvalue weighted by atomic mass is 9.60. The van der Waals surface area contributed by atoms with E-state index in [0.29, 0.717) is 0 Å². The first kappa shape index (κ1) is 14.7. The molecule has 0 saturated heterocycles. The van der Waals surface area contributed by atoms with Gasteiger partial charge in [0.05, 0.1) is 0 Å². The number of hydrogen-bond acceptors (Lipinski definition) is 2. The first-order chi connectivity index (χ1) is 6.46. The Kier molecular flexibility index (Phi) is 6.63. The maximum absolute atomic E-state index is 3.22. The van der Waals surface area contributed by atoms with E-state index >= 15 is 0 Å². The van der Waals surface area contributed by atoms with Crippen LogP contribution >= 0.6 is 23.3 Å². The molecule has 0 aliphatic heterocycles. The van der Waals surface area contributed by atoms with E-state index in [-0.39, 0.29) is 0 Å². The monoisotopic (exact) mass is 234 g/mol. The summed E-state index contributed by atoms with van der Waals surface area (Å²) in [6.07, 6.45) is 0. The molecule has 0 heterocycles. The summed E-state index contributed by atoms with van der Waals surface area (Å²) in [5, 5.41) is 0. The molecule has 1 rings (SSSR count). The van der Waals surface area contributed by atoms with E-state index in [4.69, 9.17) is 0 Å². The van der Waals surface area contributed by atoms with Crippen molar-refractivity contribution in [3.8, 4) is 0 Å². The van der Waals surface area contributed by atoms with Crippen molar-refractivity contribution in [1.29, 1.82) is 0 Å². The third kappa shape index (κ3) is 2.85. The Balaban J connectivity index is 0.000000791. The van der Waals surface area contributed by atoms with Gasteiger partial charge in [0.15, 0.2) is 0 Å². The van der Waals surface area contributed by atoms with Crippen molar-refractivity contribution >= 4 is 23.3 Å². The molecule has 0 N–H and O–H groups in total.